The fourth-order valence-electron chi connectivity index (χ4n) is 4.69. The van der Waals surface area contributed by atoms with Gasteiger partial charge in [0, 0.05) is 5.92 Å². The lowest BCUT2D eigenvalue weighted by Crippen LogP contribution is -2.70. The van der Waals surface area contributed by atoms with E-state index in [1.54, 1.807) is 6.08 Å². The van der Waals surface area contributed by atoms with Crippen LogP contribution in [0.4, 0.5) is 0 Å². The van der Waals surface area contributed by atoms with E-state index in [1.165, 1.54) is 14.0 Å². The molecule has 176 valence electrons. The minimum atomic E-state index is -2.07. The Bertz CT molecular complexity index is 695. The van der Waals surface area contributed by atoms with Crippen LogP contribution >= 0.6 is 11.8 Å². The number of esters is 1. The first-order valence-corrected chi connectivity index (χ1v) is 11.9. The number of carbonyl (C=O) groups is 3. The van der Waals surface area contributed by atoms with Crippen LogP contribution < -0.4 is 5.32 Å². The Morgan fingerprint density at radius 3 is 2.65 bits per heavy atom. The van der Waals surface area contributed by atoms with Crippen LogP contribution in [-0.4, -0.2) is 68.5 Å². The van der Waals surface area contributed by atoms with E-state index in [-0.39, 0.29) is 5.75 Å². The van der Waals surface area contributed by atoms with Gasteiger partial charge in [-0.1, -0.05) is 50.1 Å². The number of nitrogens with one attached hydrogen (secondary N) is 1. The van der Waals surface area contributed by atoms with Crippen molar-refractivity contribution in [3.63, 3.8) is 0 Å². The molecule has 2 aliphatic rings. The molecule has 1 aliphatic carbocycles. The van der Waals surface area contributed by atoms with Crippen molar-refractivity contribution in [1.29, 1.82) is 0 Å². The Balaban J connectivity index is 2.41. The van der Waals surface area contributed by atoms with Crippen LogP contribution in [-0.2, 0) is 19.1 Å². The molecular formula is C22H35NO7S. The van der Waals surface area contributed by atoms with Gasteiger partial charge in [0.25, 0.3) is 0 Å². The topological polar surface area (TPSA) is 133 Å². The number of aliphatic hydroxyl groups is 3. The van der Waals surface area contributed by atoms with E-state index in [0.29, 0.717) is 31.0 Å². The van der Waals surface area contributed by atoms with Crippen LogP contribution in [0.2, 0.25) is 0 Å². The van der Waals surface area contributed by atoms with E-state index in [0.717, 1.165) is 25.7 Å². The highest BCUT2D eigenvalue weighted by molar-refractivity contribution is 8.14. The maximum absolute atomic E-state index is 13.4. The van der Waals surface area contributed by atoms with Crippen LogP contribution in [0.3, 0.4) is 0 Å². The summed E-state index contributed by atoms with van der Waals surface area (Å²) in [5, 5.41) is 35.5. The van der Waals surface area contributed by atoms with Crippen molar-refractivity contribution in [3.8, 4) is 0 Å². The second-order valence-electron chi connectivity index (χ2n) is 8.61. The largest absolute Gasteiger partial charge is 0.468 e. The fourth-order valence-corrected chi connectivity index (χ4v) is 5.66. The third kappa shape index (κ3) is 5.16. The van der Waals surface area contributed by atoms with Gasteiger partial charge in [-0.15, -0.1) is 0 Å². The molecule has 0 aromatic rings. The van der Waals surface area contributed by atoms with Crippen LogP contribution in [0.15, 0.2) is 12.2 Å². The normalized spacial score (nSPS) is 32.4. The molecule has 0 aromatic carbocycles. The molecule has 6 atom stereocenters. The lowest BCUT2D eigenvalue weighted by molar-refractivity contribution is -0.149. The number of carbonyl (C=O) groups excluding carboxylic acids is 3. The summed E-state index contributed by atoms with van der Waals surface area (Å²) in [5.41, 5.74) is -4.13. The van der Waals surface area contributed by atoms with Crippen molar-refractivity contribution in [2.75, 3.05) is 12.9 Å². The molecule has 8 nitrogen and oxygen atoms in total. The zero-order valence-electron chi connectivity index (χ0n) is 18.5. The van der Waals surface area contributed by atoms with Crippen LogP contribution in [0, 0.1) is 11.8 Å². The first kappa shape index (κ1) is 25.8. The van der Waals surface area contributed by atoms with Gasteiger partial charge >= 0.3 is 5.97 Å². The minimum Gasteiger partial charge on any atom is -0.468 e. The van der Waals surface area contributed by atoms with Crippen LogP contribution in [0.1, 0.15) is 58.8 Å². The molecule has 1 aliphatic heterocycles. The maximum Gasteiger partial charge on any atom is 0.316 e. The molecule has 6 unspecified atom stereocenters. The zero-order chi connectivity index (χ0) is 23.2. The number of ether oxygens (including phenoxy) is 1. The Labute approximate surface area is 187 Å². The summed E-state index contributed by atoms with van der Waals surface area (Å²) in [5.74, 6) is -3.38. The summed E-state index contributed by atoms with van der Waals surface area (Å²) >= 11 is 0.583. The highest BCUT2D eigenvalue weighted by atomic mass is 32.2. The quantitative estimate of drug-likeness (QED) is 0.219. The number of methoxy groups -OCH3 is 1. The van der Waals surface area contributed by atoms with E-state index in [9.17, 15) is 29.7 Å². The standard InChI is InChI=1S/C22H35NO7S/c1-4-5-7-12-15(24)17-19(27)23-22(21(17,2)29,20(28)31-13-16(25)30-3)18(26)14-10-8-6-9-11-14/h8,10,14-15,17-18,24,26,29H,4-7,9,11-13H2,1-3H3,(H,23,27). The molecule has 4 N–H and O–H groups in total. The van der Waals surface area contributed by atoms with Crippen molar-refractivity contribution in [2.45, 2.75) is 82.1 Å². The van der Waals surface area contributed by atoms with Gasteiger partial charge in [0.05, 0.1) is 31.0 Å². The molecule has 1 amide bonds. The SMILES string of the molecule is CCCCCC(O)C1C(=O)NC(C(=O)SCC(=O)OC)(C(O)C2C=CCCC2)C1(C)O. The van der Waals surface area contributed by atoms with Crippen molar-refractivity contribution < 1.29 is 34.4 Å². The Kier molecular flexibility index (Phi) is 9.12. The third-order valence-corrected chi connectivity index (χ3v) is 7.47. The number of aliphatic hydroxyl groups excluding tert-OH is 2. The molecule has 0 radical (unpaired) electrons. The third-order valence-electron chi connectivity index (χ3n) is 6.51. The number of amides is 1. The molecule has 0 aromatic heterocycles. The molecule has 31 heavy (non-hydrogen) atoms. The molecule has 9 heteroatoms. The average Bonchev–Trinajstić information content (AvgIpc) is 2.97. The van der Waals surface area contributed by atoms with E-state index in [2.05, 4.69) is 10.1 Å². The summed E-state index contributed by atoms with van der Waals surface area (Å²) in [4.78, 5) is 37.9. The Hall–Kier alpha value is -1.42. The fraction of sp³-hybridized carbons (Fsp3) is 0.773. The lowest BCUT2D eigenvalue weighted by Gasteiger charge is -2.45. The van der Waals surface area contributed by atoms with Gasteiger partial charge in [0.2, 0.25) is 11.0 Å². The zero-order valence-corrected chi connectivity index (χ0v) is 19.3. The van der Waals surface area contributed by atoms with Crippen molar-refractivity contribution in [2.24, 2.45) is 11.8 Å². The molecule has 1 heterocycles. The number of allylic oxidation sites excluding steroid dienone is 1. The van der Waals surface area contributed by atoms with Crippen molar-refractivity contribution >= 4 is 28.8 Å². The number of unbranched alkanes of at least 4 members (excludes halogenated alkanes) is 2. The van der Waals surface area contributed by atoms with Gasteiger partial charge in [0.15, 0.2) is 5.54 Å². The molecule has 1 fully saturated rings. The van der Waals surface area contributed by atoms with Gasteiger partial charge in [-0.3, -0.25) is 14.4 Å². The van der Waals surface area contributed by atoms with Gasteiger partial charge in [0.1, 0.15) is 5.60 Å². The van der Waals surface area contributed by atoms with Crippen molar-refractivity contribution in [3.05, 3.63) is 12.2 Å². The summed E-state index contributed by atoms with van der Waals surface area (Å²) in [6.45, 7) is 3.33. The van der Waals surface area contributed by atoms with Gasteiger partial charge in [-0.25, -0.2) is 0 Å². The highest BCUT2D eigenvalue weighted by Gasteiger charge is 2.70. The minimum absolute atomic E-state index is 0.293. The first-order valence-electron chi connectivity index (χ1n) is 10.9. The molecular weight excluding hydrogens is 422 g/mol. The highest BCUT2D eigenvalue weighted by Crippen LogP contribution is 2.46. The molecule has 2 rings (SSSR count). The van der Waals surface area contributed by atoms with Gasteiger partial charge in [-0.05, 0) is 32.6 Å². The predicted octanol–water partition coefficient (Wildman–Crippen LogP) is 1.31. The maximum atomic E-state index is 13.4. The Morgan fingerprint density at radius 1 is 1.35 bits per heavy atom. The predicted molar refractivity (Wildman–Crippen MR) is 117 cm³/mol. The van der Waals surface area contributed by atoms with E-state index in [1.807, 2.05) is 13.0 Å². The lowest BCUT2D eigenvalue weighted by atomic mass is 9.68. The van der Waals surface area contributed by atoms with Crippen LogP contribution in [0.5, 0.6) is 0 Å². The number of hydrogen-bond donors (Lipinski definition) is 4. The summed E-state index contributed by atoms with van der Waals surface area (Å²) in [6.07, 6.45) is 6.10. The molecule has 1 saturated heterocycles. The number of thioether (sulfide) groups is 1. The van der Waals surface area contributed by atoms with Crippen LogP contribution in [0.25, 0.3) is 0 Å². The summed E-state index contributed by atoms with van der Waals surface area (Å²) < 4.78 is 4.58. The molecule has 0 bridgehead atoms. The summed E-state index contributed by atoms with van der Waals surface area (Å²) in [6, 6.07) is 0. The number of hydrogen-bond acceptors (Lipinski definition) is 8. The van der Waals surface area contributed by atoms with Gasteiger partial charge < -0.3 is 25.4 Å². The monoisotopic (exact) mass is 457 g/mol. The second-order valence-corrected chi connectivity index (χ2v) is 9.55. The molecule has 0 spiro atoms. The van der Waals surface area contributed by atoms with Gasteiger partial charge in [-0.2, -0.15) is 0 Å². The average molecular weight is 458 g/mol. The van der Waals surface area contributed by atoms with E-state index < -0.39 is 52.2 Å². The van der Waals surface area contributed by atoms with Crippen molar-refractivity contribution in [1.82, 2.24) is 5.32 Å². The number of rotatable bonds is 10. The second kappa shape index (κ2) is 10.9. The Morgan fingerprint density at radius 2 is 2.06 bits per heavy atom. The van der Waals surface area contributed by atoms with E-state index >= 15 is 0 Å². The molecule has 0 saturated carbocycles. The summed E-state index contributed by atoms with van der Waals surface area (Å²) in [7, 11) is 1.20. The first-order chi connectivity index (χ1) is 14.6. The van der Waals surface area contributed by atoms with E-state index in [4.69, 9.17) is 0 Å². The smallest absolute Gasteiger partial charge is 0.316 e.